The van der Waals surface area contributed by atoms with Crippen molar-refractivity contribution in [1.29, 1.82) is 0 Å². The molecule has 0 bridgehead atoms. The summed E-state index contributed by atoms with van der Waals surface area (Å²) in [6.45, 7) is 0. The summed E-state index contributed by atoms with van der Waals surface area (Å²) >= 11 is 0. The van der Waals surface area contributed by atoms with Crippen LogP contribution in [0.1, 0.15) is 103 Å². The lowest BCUT2D eigenvalue weighted by Crippen LogP contribution is -1.90. The van der Waals surface area contributed by atoms with Gasteiger partial charge >= 0.3 is 0 Å². The third kappa shape index (κ3) is 13.0. The van der Waals surface area contributed by atoms with E-state index in [1.165, 1.54) is 124 Å². The van der Waals surface area contributed by atoms with Crippen LogP contribution in [-0.2, 0) is 0 Å². The molecule has 0 saturated carbocycles. The maximum atomic E-state index is 1.53. The summed E-state index contributed by atoms with van der Waals surface area (Å²) < 4.78 is 0. The Morgan fingerprint density at radius 1 is 0.263 bits per heavy atom. The number of rotatable bonds is 0. The van der Waals surface area contributed by atoms with Crippen LogP contribution in [0.15, 0.2) is 0 Å². The van der Waals surface area contributed by atoms with Gasteiger partial charge in [-0.3, -0.25) is 0 Å². The van der Waals surface area contributed by atoms with Crippen LogP contribution >= 0.6 is 0 Å². The molecule has 0 N–H and O–H groups in total. The van der Waals surface area contributed by atoms with Crippen LogP contribution < -0.4 is 0 Å². The van der Waals surface area contributed by atoms with Crippen molar-refractivity contribution in [3.8, 4) is 0 Å². The molecule has 19 heavy (non-hydrogen) atoms. The third-order valence-electron chi connectivity index (χ3n) is 4.46. The summed E-state index contributed by atoms with van der Waals surface area (Å²) in [6, 6.07) is 3.06. The first kappa shape index (κ1) is 17.3. The Morgan fingerprint density at radius 2 is 0.474 bits per heavy atom. The molecular formula is C18H36Si. The summed E-state index contributed by atoms with van der Waals surface area (Å²) in [5.41, 5.74) is 0. The van der Waals surface area contributed by atoms with Crippen LogP contribution in [-0.4, -0.2) is 9.52 Å². The molecule has 0 aromatic heterocycles. The second-order valence-corrected chi connectivity index (χ2v) is 7.91. The van der Waals surface area contributed by atoms with Gasteiger partial charge in [-0.05, 0) is 0 Å². The number of hydrogen-bond donors (Lipinski definition) is 0. The molecule has 1 heterocycles. The highest BCUT2D eigenvalue weighted by molar-refractivity contribution is 6.35. The minimum absolute atomic E-state index is 1.27. The van der Waals surface area contributed by atoms with Crippen molar-refractivity contribution in [2.75, 3.05) is 0 Å². The van der Waals surface area contributed by atoms with Gasteiger partial charge in [-0.15, -0.1) is 0 Å². The zero-order valence-electron chi connectivity index (χ0n) is 13.2. The van der Waals surface area contributed by atoms with Crippen LogP contribution in [0, 0.1) is 0 Å². The summed E-state index contributed by atoms with van der Waals surface area (Å²) in [6.07, 6.45) is 24.1. The predicted molar refractivity (Wildman–Crippen MR) is 89.2 cm³/mol. The molecule has 1 fully saturated rings. The van der Waals surface area contributed by atoms with E-state index in [-0.39, 0.29) is 0 Å². The van der Waals surface area contributed by atoms with E-state index in [0.717, 1.165) is 0 Å². The Morgan fingerprint density at radius 3 is 0.737 bits per heavy atom. The molecule has 0 aromatic rings. The van der Waals surface area contributed by atoms with Crippen molar-refractivity contribution >= 4 is 9.52 Å². The smallest absolute Gasteiger partial charge is 0.0378 e. The molecular weight excluding hydrogens is 244 g/mol. The maximum absolute atomic E-state index is 1.53. The molecule has 1 aliphatic rings. The van der Waals surface area contributed by atoms with E-state index in [1.54, 1.807) is 0 Å². The van der Waals surface area contributed by atoms with Crippen LogP contribution in [0.3, 0.4) is 0 Å². The van der Waals surface area contributed by atoms with E-state index in [9.17, 15) is 0 Å². The van der Waals surface area contributed by atoms with Crippen LogP contribution in [0.25, 0.3) is 0 Å². The van der Waals surface area contributed by atoms with Gasteiger partial charge in [0.1, 0.15) is 0 Å². The van der Waals surface area contributed by atoms with E-state index < -0.39 is 0 Å². The average molecular weight is 281 g/mol. The summed E-state index contributed by atoms with van der Waals surface area (Å²) in [5, 5.41) is 0. The van der Waals surface area contributed by atoms with Crippen LogP contribution in [0.4, 0.5) is 0 Å². The molecule has 1 aliphatic heterocycles. The lowest BCUT2D eigenvalue weighted by molar-refractivity contribution is 0.532. The molecule has 112 valence electrons. The van der Waals surface area contributed by atoms with Gasteiger partial charge in [0.25, 0.3) is 0 Å². The first-order chi connectivity index (χ1) is 9.50. The second kappa shape index (κ2) is 14.6. The van der Waals surface area contributed by atoms with Crippen molar-refractivity contribution in [1.82, 2.24) is 0 Å². The van der Waals surface area contributed by atoms with Gasteiger partial charge < -0.3 is 0 Å². The van der Waals surface area contributed by atoms with E-state index >= 15 is 0 Å². The van der Waals surface area contributed by atoms with Gasteiger partial charge in [0.2, 0.25) is 0 Å². The Kier molecular flexibility index (Phi) is 13.3. The minimum atomic E-state index is 1.27. The normalized spacial score (nSPS) is 24.0. The fourth-order valence-electron chi connectivity index (χ4n) is 3.10. The zero-order chi connectivity index (χ0) is 13.4. The third-order valence-corrected chi connectivity index (χ3v) is 5.87. The average Bonchev–Trinajstić information content (AvgIpc) is 2.43. The largest absolute Gasteiger partial charge is 0.0612 e. The van der Waals surface area contributed by atoms with Gasteiger partial charge in [-0.2, -0.15) is 0 Å². The molecule has 0 nitrogen and oxygen atoms in total. The topological polar surface area (TPSA) is 0 Å². The Balaban J connectivity index is 2.01. The first-order valence-electron chi connectivity index (χ1n) is 9.21. The molecule has 0 atom stereocenters. The van der Waals surface area contributed by atoms with Gasteiger partial charge in [0.15, 0.2) is 0 Å². The Hall–Kier alpha value is 0.217. The molecule has 1 heteroatoms. The quantitative estimate of drug-likeness (QED) is 0.429. The van der Waals surface area contributed by atoms with Crippen LogP contribution in [0.5, 0.6) is 0 Å². The van der Waals surface area contributed by atoms with Crippen molar-refractivity contribution < 1.29 is 0 Å². The molecule has 0 aliphatic carbocycles. The molecule has 2 radical (unpaired) electrons. The second-order valence-electron chi connectivity index (χ2n) is 6.41. The van der Waals surface area contributed by atoms with Crippen LogP contribution in [0.2, 0.25) is 12.1 Å². The highest BCUT2D eigenvalue weighted by Gasteiger charge is 1.97. The van der Waals surface area contributed by atoms with Crippen molar-refractivity contribution in [3.05, 3.63) is 0 Å². The Bertz CT molecular complexity index is 86.4. The molecule has 0 aromatic carbocycles. The van der Waals surface area contributed by atoms with E-state index in [1.807, 2.05) is 0 Å². The molecule has 0 amide bonds. The highest BCUT2D eigenvalue weighted by atomic mass is 28.2. The fraction of sp³-hybridized carbons (Fsp3) is 1.00. The lowest BCUT2D eigenvalue weighted by atomic mass is 10.0. The minimum Gasteiger partial charge on any atom is -0.0612 e. The van der Waals surface area contributed by atoms with E-state index in [4.69, 9.17) is 0 Å². The van der Waals surface area contributed by atoms with Gasteiger partial charge in [-0.1, -0.05) is 115 Å². The van der Waals surface area contributed by atoms with E-state index in [0.29, 0.717) is 0 Å². The van der Waals surface area contributed by atoms with Crippen molar-refractivity contribution in [2.45, 2.75) is 115 Å². The molecule has 1 saturated heterocycles. The fourth-order valence-corrected chi connectivity index (χ4v) is 4.35. The van der Waals surface area contributed by atoms with Gasteiger partial charge in [-0.25, -0.2) is 0 Å². The standard InChI is InChI=1S/C18H36Si/c1-2-4-6-8-10-12-14-16-18-19-17-15-13-11-9-7-5-3-1/h1-18H2. The summed E-state index contributed by atoms with van der Waals surface area (Å²) in [5.74, 6) is 0. The van der Waals surface area contributed by atoms with Crippen molar-refractivity contribution in [3.63, 3.8) is 0 Å². The number of hydrogen-bond acceptors (Lipinski definition) is 0. The Labute approximate surface area is 125 Å². The molecule has 0 unspecified atom stereocenters. The van der Waals surface area contributed by atoms with Gasteiger partial charge in [0.05, 0.1) is 0 Å². The highest BCUT2D eigenvalue weighted by Crippen LogP contribution is 2.15. The van der Waals surface area contributed by atoms with Crippen molar-refractivity contribution in [2.24, 2.45) is 0 Å². The summed E-state index contributed by atoms with van der Waals surface area (Å²) in [4.78, 5) is 0. The lowest BCUT2D eigenvalue weighted by Gasteiger charge is -2.03. The first-order valence-corrected chi connectivity index (χ1v) is 10.6. The molecule has 0 spiro atoms. The molecule has 1 rings (SSSR count). The monoisotopic (exact) mass is 280 g/mol. The van der Waals surface area contributed by atoms with E-state index in [2.05, 4.69) is 0 Å². The zero-order valence-corrected chi connectivity index (χ0v) is 14.2. The van der Waals surface area contributed by atoms with Gasteiger partial charge in [0, 0.05) is 9.52 Å². The SMILES string of the molecule is C1CCCCCCCCC[Si]CCCCCCCC1. The predicted octanol–water partition coefficient (Wildman–Crippen LogP) is 6.78. The summed E-state index contributed by atoms with van der Waals surface area (Å²) in [7, 11) is 1.27. The maximum Gasteiger partial charge on any atom is 0.0378 e.